The van der Waals surface area contributed by atoms with Crippen molar-refractivity contribution in [1.29, 1.82) is 0 Å². The van der Waals surface area contributed by atoms with Crippen molar-refractivity contribution < 1.29 is 4.74 Å². The Morgan fingerprint density at radius 3 is 2.59 bits per heavy atom. The van der Waals surface area contributed by atoms with Crippen molar-refractivity contribution in [3.05, 3.63) is 82.8 Å². The van der Waals surface area contributed by atoms with Gasteiger partial charge in [-0.05, 0) is 42.8 Å². The number of nitrogens with zero attached hydrogens (tertiary/aromatic N) is 3. The number of nitrogens with one attached hydrogen (secondary N) is 1. The number of hydrogen-bond donors (Lipinski definition) is 1. The highest BCUT2D eigenvalue weighted by molar-refractivity contribution is 5.80. The number of ether oxygens (including phenoxy) is 1. The molecule has 5 rings (SSSR count). The lowest BCUT2D eigenvalue weighted by molar-refractivity contribution is 0.120. The largest absolute Gasteiger partial charge is 0.494 e. The van der Waals surface area contributed by atoms with E-state index >= 15 is 0 Å². The molecule has 0 saturated carbocycles. The normalized spacial score (nSPS) is 15.4. The summed E-state index contributed by atoms with van der Waals surface area (Å²) >= 11 is 0. The van der Waals surface area contributed by atoms with Crippen molar-refractivity contribution >= 4 is 21.8 Å². The van der Waals surface area contributed by atoms with E-state index in [9.17, 15) is 4.79 Å². The molecule has 0 atom stereocenters. The summed E-state index contributed by atoms with van der Waals surface area (Å²) in [6.07, 6.45) is 0.996. The predicted molar refractivity (Wildman–Crippen MR) is 128 cm³/mol. The maximum atomic E-state index is 11.4. The maximum absolute atomic E-state index is 11.4. The number of rotatable bonds is 7. The molecule has 1 N–H and O–H groups in total. The van der Waals surface area contributed by atoms with Crippen molar-refractivity contribution in [2.45, 2.75) is 13.0 Å². The van der Waals surface area contributed by atoms with Crippen molar-refractivity contribution in [1.82, 2.24) is 19.8 Å². The fourth-order valence-corrected chi connectivity index (χ4v) is 4.30. The lowest BCUT2D eigenvalue weighted by Gasteiger charge is -2.34. The lowest BCUT2D eigenvalue weighted by Crippen LogP contribution is -2.46. The van der Waals surface area contributed by atoms with Gasteiger partial charge in [-0.1, -0.05) is 24.3 Å². The molecule has 0 unspecified atom stereocenters. The topological polar surface area (TPSA) is 61.5 Å². The lowest BCUT2D eigenvalue weighted by atomic mass is 10.2. The Kier molecular flexibility index (Phi) is 6.14. The van der Waals surface area contributed by atoms with Gasteiger partial charge in [-0.3, -0.25) is 14.7 Å². The van der Waals surface area contributed by atoms with Crippen LogP contribution in [-0.4, -0.2) is 59.1 Å². The highest BCUT2D eigenvalue weighted by atomic mass is 16.5. The van der Waals surface area contributed by atoms with Crippen LogP contribution >= 0.6 is 0 Å². The number of H-pyrrole nitrogens is 1. The molecule has 1 saturated heterocycles. The van der Waals surface area contributed by atoms with E-state index in [0.717, 1.165) is 73.6 Å². The predicted octanol–water partition coefficient (Wildman–Crippen LogP) is 3.66. The van der Waals surface area contributed by atoms with E-state index in [1.807, 2.05) is 30.3 Å². The number of benzene rings is 2. The second-order valence-corrected chi connectivity index (χ2v) is 8.39. The van der Waals surface area contributed by atoms with Crippen LogP contribution in [0.4, 0.5) is 0 Å². The Balaban J connectivity index is 1.05. The molecule has 4 aromatic rings. The van der Waals surface area contributed by atoms with Crippen LogP contribution in [0, 0.1) is 0 Å². The summed E-state index contributed by atoms with van der Waals surface area (Å²) in [5, 5.41) is 2.18. The molecule has 2 aromatic heterocycles. The molecule has 1 fully saturated rings. The maximum Gasteiger partial charge on any atom is 0.248 e. The van der Waals surface area contributed by atoms with Crippen LogP contribution in [0.2, 0.25) is 0 Å². The Morgan fingerprint density at radius 1 is 0.875 bits per heavy atom. The van der Waals surface area contributed by atoms with E-state index in [-0.39, 0.29) is 5.56 Å². The average Bonchev–Trinajstić information content (AvgIpc) is 2.83. The highest BCUT2D eigenvalue weighted by Crippen LogP contribution is 2.18. The van der Waals surface area contributed by atoms with Crippen molar-refractivity contribution in [3.63, 3.8) is 0 Å². The summed E-state index contributed by atoms with van der Waals surface area (Å²) in [5.41, 5.74) is 2.97. The molecule has 0 radical (unpaired) electrons. The third kappa shape index (κ3) is 4.98. The number of hydrogen-bond acceptors (Lipinski definition) is 5. The fourth-order valence-electron chi connectivity index (χ4n) is 4.30. The number of fused-ring (bicyclic) bond motifs is 2. The van der Waals surface area contributed by atoms with Crippen molar-refractivity contribution in [2.24, 2.45) is 0 Å². The number of piperazine rings is 1. The van der Waals surface area contributed by atoms with Gasteiger partial charge >= 0.3 is 0 Å². The molecule has 6 nitrogen and oxygen atoms in total. The fraction of sp³-hybridized carbons (Fsp3) is 0.308. The quantitative estimate of drug-likeness (QED) is 0.455. The smallest absolute Gasteiger partial charge is 0.248 e. The average molecular weight is 429 g/mol. The summed E-state index contributed by atoms with van der Waals surface area (Å²) in [6, 6.07) is 21.8. The molecule has 6 heteroatoms. The van der Waals surface area contributed by atoms with Gasteiger partial charge in [0.15, 0.2) is 0 Å². The Bertz CT molecular complexity index is 1260. The number of para-hydroxylation sites is 1. The molecule has 0 aliphatic carbocycles. The van der Waals surface area contributed by atoms with E-state index in [4.69, 9.17) is 9.72 Å². The zero-order valence-electron chi connectivity index (χ0n) is 18.2. The minimum Gasteiger partial charge on any atom is -0.494 e. The Morgan fingerprint density at radius 2 is 1.69 bits per heavy atom. The summed E-state index contributed by atoms with van der Waals surface area (Å²) in [5.74, 6) is 0.845. The van der Waals surface area contributed by atoms with Gasteiger partial charge in [0.2, 0.25) is 5.56 Å². The molecule has 2 aromatic carbocycles. The first-order valence-electron chi connectivity index (χ1n) is 11.3. The van der Waals surface area contributed by atoms with Crippen LogP contribution in [-0.2, 0) is 6.54 Å². The first-order chi connectivity index (χ1) is 15.7. The molecule has 0 spiro atoms. The van der Waals surface area contributed by atoms with Crippen LogP contribution in [0.3, 0.4) is 0 Å². The van der Waals surface area contributed by atoms with Gasteiger partial charge in [0.05, 0.1) is 17.8 Å². The van der Waals surface area contributed by atoms with Crippen LogP contribution in [0.5, 0.6) is 5.75 Å². The van der Waals surface area contributed by atoms with E-state index in [1.165, 1.54) is 5.39 Å². The third-order valence-corrected chi connectivity index (χ3v) is 6.09. The minimum absolute atomic E-state index is 0.0835. The summed E-state index contributed by atoms with van der Waals surface area (Å²) < 4.78 is 5.93. The number of pyridine rings is 2. The number of aromatic nitrogens is 2. The van der Waals surface area contributed by atoms with Gasteiger partial charge in [0.1, 0.15) is 5.75 Å². The van der Waals surface area contributed by atoms with E-state index in [2.05, 4.69) is 45.1 Å². The summed E-state index contributed by atoms with van der Waals surface area (Å²) in [6.45, 7) is 6.94. The van der Waals surface area contributed by atoms with Gasteiger partial charge in [-0.15, -0.1) is 0 Å². The molecule has 32 heavy (non-hydrogen) atoms. The summed E-state index contributed by atoms with van der Waals surface area (Å²) in [7, 11) is 0. The second-order valence-electron chi connectivity index (χ2n) is 8.39. The van der Waals surface area contributed by atoms with Gasteiger partial charge in [0.25, 0.3) is 0 Å². The number of aromatic amines is 1. The van der Waals surface area contributed by atoms with Crippen LogP contribution in [0.25, 0.3) is 21.8 Å². The molecule has 1 aliphatic heterocycles. The van der Waals surface area contributed by atoms with Gasteiger partial charge in [-0.25, -0.2) is 0 Å². The molecular weight excluding hydrogens is 400 g/mol. The second kappa shape index (κ2) is 9.51. The molecule has 164 valence electrons. The van der Waals surface area contributed by atoms with Gasteiger partial charge in [0, 0.05) is 61.6 Å². The van der Waals surface area contributed by atoms with E-state index in [0.29, 0.717) is 6.61 Å². The Hall–Kier alpha value is -3.22. The SMILES string of the molecule is O=c1ccc2cc(OCCCN3CCN(Cc4ccc5ccccc5n4)CC3)ccc2[nH]1. The molecular formula is C26H28N4O2. The standard InChI is InChI=1S/C26H28N4O2/c31-26-11-7-21-18-23(9-10-25(21)28-26)32-17-3-12-29-13-15-30(16-14-29)19-22-8-6-20-4-1-2-5-24(20)27-22/h1-2,4-11,18H,3,12-17,19H2,(H,28,31). The van der Waals surface area contributed by atoms with Crippen molar-refractivity contribution in [3.8, 4) is 5.75 Å². The van der Waals surface area contributed by atoms with Crippen LogP contribution < -0.4 is 10.3 Å². The zero-order chi connectivity index (χ0) is 21.8. The monoisotopic (exact) mass is 428 g/mol. The van der Waals surface area contributed by atoms with Crippen LogP contribution in [0.1, 0.15) is 12.1 Å². The third-order valence-electron chi connectivity index (χ3n) is 6.09. The Labute approximate surface area is 187 Å². The molecule has 1 aliphatic rings. The van der Waals surface area contributed by atoms with E-state index in [1.54, 1.807) is 6.07 Å². The van der Waals surface area contributed by atoms with Gasteiger partial charge in [-0.2, -0.15) is 0 Å². The van der Waals surface area contributed by atoms with Gasteiger partial charge < -0.3 is 14.6 Å². The van der Waals surface area contributed by atoms with E-state index < -0.39 is 0 Å². The molecule has 3 heterocycles. The first-order valence-corrected chi connectivity index (χ1v) is 11.3. The first kappa shape index (κ1) is 20.7. The van der Waals surface area contributed by atoms with Crippen molar-refractivity contribution in [2.75, 3.05) is 39.3 Å². The highest BCUT2D eigenvalue weighted by Gasteiger charge is 2.17. The molecule has 0 bridgehead atoms. The summed E-state index contributed by atoms with van der Waals surface area (Å²) in [4.78, 5) is 24.0. The minimum atomic E-state index is -0.0835. The molecule has 0 amide bonds. The zero-order valence-corrected chi connectivity index (χ0v) is 18.2. The van der Waals surface area contributed by atoms with Crippen LogP contribution in [0.15, 0.2) is 71.5 Å².